The highest BCUT2D eigenvalue weighted by atomic mass is 16.5. The maximum atomic E-state index is 13.0. The molecule has 3 rings (SSSR count). The number of carbonyl (C=O) groups excluding carboxylic acids is 2. The van der Waals surface area contributed by atoms with Gasteiger partial charge in [-0.1, -0.05) is 0 Å². The number of carbonyl (C=O) groups is 2. The Hall–Kier alpha value is -2.02. The number of methoxy groups -OCH3 is 1. The Kier molecular flexibility index (Phi) is 5.55. The van der Waals surface area contributed by atoms with E-state index in [0.29, 0.717) is 44.2 Å². The third-order valence-electron chi connectivity index (χ3n) is 5.45. The van der Waals surface area contributed by atoms with Crippen molar-refractivity contribution in [2.75, 3.05) is 39.9 Å². The zero-order valence-corrected chi connectivity index (χ0v) is 16.0. The van der Waals surface area contributed by atoms with E-state index in [1.165, 1.54) is 0 Å². The van der Waals surface area contributed by atoms with Gasteiger partial charge in [-0.25, -0.2) is 9.97 Å². The monoisotopic (exact) mass is 360 g/mol. The zero-order chi connectivity index (χ0) is 18.7. The standard InChI is InChI=1S/C19H28N4O3/c1-14-11-16(21-15(2)20-14)18(25)23-8-4-6-19(13-23)7-5-17(24)22(12-19)9-10-26-3/h11H,4-10,12-13H2,1-3H3/t19-/m1/s1. The van der Waals surface area contributed by atoms with Crippen LogP contribution in [-0.4, -0.2) is 71.5 Å². The predicted octanol–water partition coefficient (Wildman–Crippen LogP) is 1.58. The average molecular weight is 360 g/mol. The molecule has 142 valence electrons. The fourth-order valence-electron chi connectivity index (χ4n) is 4.21. The van der Waals surface area contributed by atoms with Gasteiger partial charge in [0.25, 0.3) is 5.91 Å². The minimum absolute atomic E-state index is 0.00726. The van der Waals surface area contributed by atoms with E-state index in [1.54, 1.807) is 13.2 Å². The predicted molar refractivity (Wildman–Crippen MR) is 96.8 cm³/mol. The van der Waals surface area contributed by atoms with Crippen molar-refractivity contribution in [3.8, 4) is 0 Å². The van der Waals surface area contributed by atoms with E-state index in [0.717, 1.165) is 31.5 Å². The van der Waals surface area contributed by atoms with Crippen molar-refractivity contribution in [2.45, 2.75) is 39.5 Å². The van der Waals surface area contributed by atoms with Gasteiger partial charge in [-0.15, -0.1) is 0 Å². The van der Waals surface area contributed by atoms with Crippen LogP contribution in [0.2, 0.25) is 0 Å². The maximum Gasteiger partial charge on any atom is 0.272 e. The number of aryl methyl sites for hydroxylation is 2. The van der Waals surface area contributed by atoms with Gasteiger partial charge in [0.1, 0.15) is 11.5 Å². The molecule has 7 nitrogen and oxygen atoms in total. The number of piperidine rings is 2. The van der Waals surface area contributed by atoms with Crippen LogP contribution in [0, 0.1) is 19.3 Å². The average Bonchev–Trinajstić information content (AvgIpc) is 2.61. The van der Waals surface area contributed by atoms with Crippen molar-refractivity contribution >= 4 is 11.8 Å². The quantitative estimate of drug-likeness (QED) is 0.815. The van der Waals surface area contributed by atoms with Crippen molar-refractivity contribution in [1.82, 2.24) is 19.8 Å². The van der Waals surface area contributed by atoms with Crippen molar-refractivity contribution in [3.05, 3.63) is 23.3 Å². The normalized spacial score (nSPS) is 23.6. The van der Waals surface area contributed by atoms with Crippen molar-refractivity contribution in [1.29, 1.82) is 0 Å². The van der Waals surface area contributed by atoms with Crippen LogP contribution >= 0.6 is 0 Å². The maximum absolute atomic E-state index is 13.0. The molecule has 1 aromatic heterocycles. The van der Waals surface area contributed by atoms with Gasteiger partial charge >= 0.3 is 0 Å². The fourth-order valence-corrected chi connectivity index (χ4v) is 4.21. The Morgan fingerprint density at radius 3 is 2.81 bits per heavy atom. The molecule has 2 aliphatic heterocycles. The number of nitrogens with zero attached hydrogens (tertiary/aromatic N) is 4. The van der Waals surface area contributed by atoms with Gasteiger partial charge < -0.3 is 14.5 Å². The van der Waals surface area contributed by atoms with Crippen LogP contribution in [0.5, 0.6) is 0 Å². The van der Waals surface area contributed by atoms with Crippen LogP contribution in [-0.2, 0) is 9.53 Å². The summed E-state index contributed by atoms with van der Waals surface area (Å²) in [5.74, 6) is 0.783. The minimum atomic E-state index is -0.0296. The lowest BCUT2D eigenvalue weighted by Crippen LogP contribution is -2.55. The second-order valence-corrected chi connectivity index (χ2v) is 7.58. The number of hydrogen-bond donors (Lipinski definition) is 0. The SMILES string of the molecule is COCCN1C[C@@]2(CCCN(C(=O)c3cc(C)nc(C)n3)C2)CCC1=O. The molecule has 0 aliphatic carbocycles. The molecule has 1 atom stereocenters. The summed E-state index contributed by atoms with van der Waals surface area (Å²) in [4.78, 5) is 37.6. The molecule has 1 spiro atoms. The number of rotatable bonds is 4. The van der Waals surface area contributed by atoms with Gasteiger partial charge in [0, 0.05) is 50.8 Å². The summed E-state index contributed by atoms with van der Waals surface area (Å²) in [6.07, 6.45) is 3.41. The highest BCUT2D eigenvalue weighted by Gasteiger charge is 2.42. The van der Waals surface area contributed by atoms with Gasteiger partial charge in [0.2, 0.25) is 5.91 Å². The molecule has 1 aromatic rings. The first kappa shape index (κ1) is 18.8. The molecule has 2 amide bonds. The Morgan fingerprint density at radius 2 is 2.08 bits per heavy atom. The first-order chi connectivity index (χ1) is 12.4. The molecule has 7 heteroatoms. The summed E-state index contributed by atoms with van der Waals surface area (Å²) in [5.41, 5.74) is 1.27. The van der Waals surface area contributed by atoms with Crippen molar-refractivity contribution < 1.29 is 14.3 Å². The second-order valence-electron chi connectivity index (χ2n) is 7.58. The number of hydrogen-bond acceptors (Lipinski definition) is 5. The minimum Gasteiger partial charge on any atom is -0.383 e. The van der Waals surface area contributed by atoms with Crippen LogP contribution in [0.3, 0.4) is 0 Å². The Bertz CT molecular complexity index is 673. The second kappa shape index (κ2) is 7.70. The van der Waals surface area contributed by atoms with E-state index in [9.17, 15) is 9.59 Å². The van der Waals surface area contributed by atoms with Crippen LogP contribution in [0.25, 0.3) is 0 Å². The molecule has 0 saturated carbocycles. The third-order valence-corrected chi connectivity index (χ3v) is 5.45. The summed E-state index contributed by atoms with van der Waals surface area (Å²) >= 11 is 0. The van der Waals surface area contributed by atoms with E-state index in [4.69, 9.17) is 4.74 Å². The van der Waals surface area contributed by atoms with Gasteiger partial charge in [0.05, 0.1) is 6.61 Å². The summed E-state index contributed by atoms with van der Waals surface area (Å²) < 4.78 is 5.14. The Balaban J connectivity index is 1.73. The summed E-state index contributed by atoms with van der Waals surface area (Å²) in [6.45, 7) is 6.99. The Morgan fingerprint density at radius 1 is 1.27 bits per heavy atom. The summed E-state index contributed by atoms with van der Waals surface area (Å²) in [6, 6.07) is 1.76. The molecular weight excluding hydrogens is 332 g/mol. The topological polar surface area (TPSA) is 75.6 Å². The zero-order valence-electron chi connectivity index (χ0n) is 16.0. The molecule has 0 unspecified atom stereocenters. The van der Waals surface area contributed by atoms with E-state index in [2.05, 4.69) is 9.97 Å². The van der Waals surface area contributed by atoms with Gasteiger partial charge in [-0.3, -0.25) is 9.59 Å². The lowest BCUT2D eigenvalue weighted by Gasteiger charge is -2.48. The highest BCUT2D eigenvalue weighted by molar-refractivity contribution is 5.92. The molecule has 2 saturated heterocycles. The number of likely N-dealkylation sites (tertiary alicyclic amines) is 2. The van der Waals surface area contributed by atoms with E-state index in [-0.39, 0.29) is 17.2 Å². The highest BCUT2D eigenvalue weighted by Crippen LogP contribution is 2.39. The lowest BCUT2D eigenvalue weighted by molar-refractivity contribution is -0.139. The fraction of sp³-hybridized carbons (Fsp3) is 0.684. The first-order valence-electron chi connectivity index (χ1n) is 9.31. The first-order valence-corrected chi connectivity index (χ1v) is 9.31. The van der Waals surface area contributed by atoms with E-state index < -0.39 is 0 Å². The number of amides is 2. The summed E-state index contributed by atoms with van der Waals surface area (Å²) in [7, 11) is 1.65. The van der Waals surface area contributed by atoms with Gasteiger partial charge in [-0.05, 0) is 39.2 Å². The van der Waals surface area contributed by atoms with Gasteiger partial charge in [-0.2, -0.15) is 0 Å². The van der Waals surface area contributed by atoms with Crippen molar-refractivity contribution in [2.24, 2.45) is 5.41 Å². The van der Waals surface area contributed by atoms with E-state index >= 15 is 0 Å². The molecule has 0 aromatic carbocycles. The van der Waals surface area contributed by atoms with Crippen LogP contribution in [0.4, 0.5) is 0 Å². The smallest absolute Gasteiger partial charge is 0.272 e. The summed E-state index contributed by atoms with van der Waals surface area (Å²) in [5, 5.41) is 0. The molecule has 2 aliphatic rings. The largest absolute Gasteiger partial charge is 0.383 e. The molecule has 0 N–H and O–H groups in total. The molecular formula is C19H28N4O3. The van der Waals surface area contributed by atoms with Crippen molar-refractivity contribution in [3.63, 3.8) is 0 Å². The molecule has 0 radical (unpaired) electrons. The lowest BCUT2D eigenvalue weighted by atomic mass is 9.73. The Labute approximate surface area is 154 Å². The number of ether oxygens (including phenoxy) is 1. The third kappa shape index (κ3) is 4.03. The molecule has 3 heterocycles. The van der Waals surface area contributed by atoms with E-state index in [1.807, 2.05) is 23.6 Å². The molecule has 26 heavy (non-hydrogen) atoms. The van der Waals surface area contributed by atoms with Gasteiger partial charge in [0.15, 0.2) is 0 Å². The molecule has 0 bridgehead atoms. The van der Waals surface area contributed by atoms with Crippen LogP contribution < -0.4 is 0 Å². The van der Waals surface area contributed by atoms with Crippen LogP contribution in [0.15, 0.2) is 6.07 Å². The molecule has 2 fully saturated rings. The van der Waals surface area contributed by atoms with Crippen LogP contribution in [0.1, 0.15) is 47.7 Å². The number of aromatic nitrogens is 2.